The second kappa shape index (κ2) is 5.49. The first-order chi connectivity index (χ1) is 8.70. The molecule has 0 aromatic carbocycles. The summed E-state index contributed by atoms with van der Waals surface area (Å²) >= 11 is 0. The van der Waals surface area contributed by atoms with Crippen LogP contribution in [-0.4, -0.2) is 15.8 Å². The molecule has 0 fully saturated rings. The van der Waals surface area contributed by atoms with Crippen molar-refractivity contribution in [3.8, 4) is 0 Å². The molecule has 0 atom stereocenters. The van der Waals surface area contributed by atoms with E-state index in [1.165, 1.54) is 12.3 Å². The van der Waals surface area contributed by atoms with Crippen molar-refractivity contribution < 1.29 is 9.18 Å². The van der Waals surface area contributed by atoms with Gasteiger partial charge in [-0.1, -0.05) is 13.0 Å². The predicted molar refractivity (Wildman–Crippen MR) is 65.8 cm³/mol. The fourth-order valence-corrected chi connectivity index (χ4v) is 1.63. The number of Topliss-reactive ketones (excluding diaryl/α,β-unsaturated/α-hetero) is 1. The fraction of sp³-hybridized carbons (Fsp3) is 0.214. The summed E-state index contributed by atoms with van der Waals surface area (Å²) < 4.78 is 13.4. The summed E-state index contributed by atoms with van der Waals surface area (Å²) in [6, 6.07) is 5.12. The van der Waals surface area contributed by atoms with Gasteiger partial charge >= 0.3 is 0 Å². The van der Waals surface area contributed by atoms with Crippen molar-refractivity contribution in [1.29, 1.82) is 0 Å². The zero-order valence-corrected chi connectivity index (χ0v) is 10.1. The summed E-state index contributed by atoms with van der Waals surface area (Å²) in [5, 5.41) is 0. The van der Waals surface area contributed by atoms with Gasteiger partial charge in [0.25, 0.3) is 0 Å². The summed E-state index contributed by atoms with van der Waals surface area (Å²) in [6.07, 6.45) is 5.20. The highest BCUT2D eigenvalue weighted by Gasteiger charge is 2.12. The van der Waals surface area contributed by atoms with Crippen molar-refractivity contribution >= 4 is 5.78 Å². The highest BCUT2D eigenvalue weighted by Crippen LogP contribution is 2.09. The molecule has 18 heavy (non-hydrogen) atoms. The van der Waals surface area contributed by atoms with Crippen molar-refractivity contribution in [2.24, 2.45) is 0 Å². The van der Waals surface area contributed by atoms with Gasteiger partial charge in [-0.05, 0) is 24.1 Å². The summed E-state index contributed by atoms with van der Waals surface area (Å²) in [5.74, 6) is -0.876. The molecule has 3 nitrogen and oxygen atoms in total. The third kappa shape index (κ3) is 2.77. The van der Waals surface area contributed by atoms with Crippen molar-refractivity contribution in [1.82, 2.24) is 9.97 Å². The van der Waals surface area contributed by atoms with Crippen molar-refractivity contribution in [2.45, 2.75) is 19.8 Å². The molecule has 2 aromatic heterocycles. The largest absolute Gasteiger partial charge is 0.294 e. The van der Waals surface area contributed by atoms with Crippen LogP contribution in [0.1, 0.15) is 28.5 Å². The van der Waals surface area contributed by atoms with Gasteiger partial charge in [0.1, 0.15) is 0 Å². The van der Waals surface area contributed by atoms with Gasteiger partial charge in [0.05, 0.1) is 18.2 Å². The minimum absolute atomic E-state index is 0.0615. The summed E-state index contributed by atoms with van der Waals surface area (Å²) in [6.45, 7) is 2.04. The van der Waals surface area contributed by atoms with Crippen molar-refractivity contribution in [3.63, 3.8) is 0 Å². The Labute approximate surface area is 105 Å². The number of aryl methyl sites for hydroxylation is 1. The number of carbonyl (C=O) groups excluding carboxylic acids is 1. The molecule has 0 saturated carbocycles. The van der Waals surface area contributed by atoms with E-state index >= 15 is 0 Å². The molecule has 2 heterocycles. The third-order valence-corrected chi connectivity index (χ3v) is 2.71. The molecule has 2 aromatic rings. The topological polar surface area (TPSA) is 42.9 Å². The average Bonchev–Trinajstić information content (AvgIpc) is 2.40. The summed E-state index contributed by atoms with van der Waals surface area (Å²) in [7, 11) is 0. The van der Waals surface area contributed by atoms with Gasteiger partial charge in [0, 0.05) is 18.1 Å². The van der Waals surface area contributed by atoms with Crippen LogP contribution < -0.4 is 0 Å². The molecule has 0 aliphatic heterocycles. The van der Waals surface area contributed by atoms with Crippen LogP contribution in [0.4, 0.5) is 4.39 Å². The van der Waals surface area contributed by atoms with E-state index in [9.17, 15) is 9.18 Å². The van der Waals surface area contributed by atoms with E-state index in [0.717, 1.165) is 18.2 Å². The number of ketones is 1. The standard InChI is InChI=1S/C14H13FN2O/c1-2-10-3-4-11(17-8-10)7-14(18)12-5-6-16-9-13(12)15/h3-6,8-9H,2,7H2,1H3. The Bertz CT molecular complexity index is 552. The summed E-state index contributed by atoms with van der Waals surface area (Å²) in [4.78, 5) is 19.7. The van der Waals surface area contributed by atoms with Gasteiger partial charge in [-0.25, -0.2) is 4.39 Å². The molecule has 0 saturated heterocycles. The Morgan fingerprint density at radius 2 is 2.11 bits per heavy atom. The van der Waals surface area contributed by atoms with Crippen LogP contribution in [0.15, 0.2) is 36.8 Å². The van der Waals surface area contributed by atoms with E-state index < -0.39 is 5.82 Å². The highest BCUT2D eigenvalue weighted by atomic mass is 19.1. The van der Waals surface area contributed by atoms with E-state index in [4.69, 9.17) is 0 Å². The number of halogens is 1. The number of aromatic nitrogens is 2. The molecular weight excluding hydrogens is 231 g/mol. The first-order valence-electron chi connectivity index (χ1n) is 5.77. The van der Waals surface area contributed by atoms with Crippen molar-refractivity contribution in [3.05, 3.63) is 59.4 Å². The van der Waals surface area contributed by atoms with Gasteiger partial charge in [0.15, 0.2) is 11.6 Å². The minimum Gasteiger partial charge on any atom is -0.294 e. The highest BCUT2D eigenvalue weighted by molar-refractivity contribution is 5.97. The second-order valence-electron chi connectivity index (χ2n) is 3.97. The Kier molecular flexibility index (Phi) is 3.77. The number of carbonyl (C=O) groups is 1. The predicted octanol–water partition coefficient (Wildman–Crippen LogP) is 2.60. The Hall–Kier alpha value is -2.10. The molecule has 0 radical (unpaired) electrons. The quantitative estimate of drug-likeness (QED) is 0.776. The first-order valence-corrected chi connectivity index (χ1v) is 5.77. The number of hydrogen-bond donors (Lipinski definition) is 0. The molecule has 2 rings (SSSR count). The minimum atomic E-state index is -0.590. The molecule has 0 N–H and O–H groups in total. The normalized spacial score (nSPS) is 10.3. The van der Waals surface area contributed by atoms with Crippen molar-refractivity contribution in [2.75, 3.05) is 0 Å². The lowest BCUT2D eigenvalue weighted by molar-refractivity contribution is 0.0988. The van der Waals surface area contributed by atoms with Gasteiger partial charge in [0.2, 0.25) is 0 Å². The fourth-order valence-electron chi connectivity index (χ4n) is 1.63. The lowest BCUT2D eigenvalue weighted by Crippen LogP contribution is -2.07. The maximum Gasteiger partial charge on any atom is 0.171 e. The van der Waals surface area contributed by atoms with Crippen LogP contribution in [0, 0.1) is 5.82 Å². The molecule has 4 heteroatoms. The van der Waals surface area contributed by atoms with E-state index in [2.05, 4.69) is 9.97 Å². The number of nitrogens with zero attached hydrogens (tertiary/aromatic N) is 2. The molecule has 92 valence electrons. The Balaban J connectivity index is 2.14. The van der Waals surface area contributed by atoms with Gasteiger partial charge in [-0.15, -0.1) is 0 Å². The van der Waals surface area contributed by atoms with Crippen LogP contribution in [0.5, 0.6) is 0 Å². The number of pyridine rings is 2. The molecule has 0 spiro atoms. The smallest absolute Gasteiger partial charge is 0.171 e. The molecular formula is C14H13FN2O. The van der Waals surface area contributed by atoms with Crippen LogP contribution in [0.25, 0.3) is 0 Å². The zero-order chi connectivity index (χ0) is 13.0. The van der Waals surface area contributed by atoms with E-state index in [0.29, 0.717) is 5.69 Å². The molecule has 0 aliphatic carbocycles. The Morgan fingerprint density at radius 1 is 1.28 bits per heavy atom. The maximum atomic E-state index is 13.4. The van der Waals surface area contributed by atoms with Crippen LogP contribution in [0.2, 0.25) is 0 Å². The lowest BCUT2D eigenvalue weighted by atomic mass is 10.1. The van der Waals surface area contributed by atoms with E-state index in [1.807, 2.05) is 13.0 Å². The van der Waals surface area contributed by atoms with Crippen LogP contribution >= 0.6 is 0 Å². The lowest BCUT2D eigenvalue weighted by Gasteiger charge is -2.03. The summed E-state index contributed by atoms with van der Waals surface area (Å²) in [5.41, 5.74) is 1.82. The monoisotopic (exact) mass is 244 g/mol. The zero-order valence-electron chi connectivity index (χ0n) is 10.1. The molecule has 0 bridgehead atoms. The second-order valence-corrected chi connectivity index (χ2v) is 3.97. The maximum absolute atomic E-state index is 13.4. The van der Waals surface area contributed by atoms with Crippen LogP contribution in [-0.2, 0) is 12.8 Å². The van der Waals surface area contributed by atoms with Gasteiger partial charge < -0.3 is 0 Å². The Morgan fingerprint density at radius 3 is 2.72 bits per heavy atom. The molecule has 0 unspecified atom stereocenters. The number of hydrogen-bond acceptors (Lipinski definition) is 3. The van der Waals surface area contributed by atoms with Crippen LogP contribution in [0.3, 0.4) is 0 Å². The molecule has 0 aliphatic rings. The van der Waals surface area contributed by atoms with Gasteiger partial charge in [-0.2, -0.15) is 0 Å². The molecule has 0 amide bonds. The van der Waals surface area contributed by atoms with E-state index in [-0.39, 0.29) is 17.8 Å². The average molecular weight is 244 g/mol. The third-order valence-electron chi connectivity index (χ3n) is 2.71. The SMILES string of the molecule is CCc1ccc(CC(=O)c2ccncc2F)nc1. The number of rotatable bonds is 4. The first kappa shape index (κ1) is 12.4. The van der Waals surface area contributed by atoms with E-state index in [1.54, 1.807) is 12.3 Å². The van der Waals surface area contributed by atoms with Gasteiger partial charge in [-0.3, -0.25) is 14.8 Å².